The van der Waals surface area contributed by atoms with E-state index in [0.717, 1.165) is 16.8 Å². The minimum atomic E-state index is -0.788. The number of anilines is 1. The van der Waals surface area contributed by atoms with Gasteiger partial charge in [-0.05, 0) is 42.3 Å². The molecule has 0 bridgehead atoms. The van der Waals surface area contributed by atoms with Gasteiger partial charge in [0.05, 0.1) is 6.42 Å². The highest BCUT2D eigenvalue weighted by molar-refractivity contribution is 6.30. The van der Waals surface area contributed by atoms with E-state index in [1.807, 2.05) is 55.5 Å². The summed E-state index contributed by atoms with van der Waals surface area (Å²) in [6.07, 6.45) is 0.113. The van der Waals surface area contributed by atoms with Crippen LogP contribution in [0, 0.1) is 6.92 Å². The molecule has 3 nitrogen and oxygen atoms in total. The zero-order valence-corrected chi connectivity index (χ0v) is 12.7. The van der Waals surface area contributed by atoms with E-state index < -0.39 is 5.97 Å². The van der Waals surface area contributed by atoms with Crippen molar-refractivity contribution < 1.29 is 9.90 Å². The zero-order chi connectivity index (χ0) is 15.2. The number of aryl methyl sites for hydroxylation is 1. The average molecular weight is 304 g/mol. The van der Waals surface area contributed by atoms with Gasteiger partial charge in [0.25, 0.3) is 0 Å². The predicted molar refractivity (Wildman–Crippen MR) is 85.9 cm³/mol. The maximum Gasteiger partial charge on any atom is 0.305 e. The largest absolute Gasteiger partial charge is 0.481 e. The molecule has 2 aromatic rings. The van der Waals surface area contributed by atoms with E-state index in [4.69, 9.17) is 16.7 Å². The van der Waals surface area contributed by atoms with Crippen LogP contribution in [0.25, 0.3) is 0 Å². The van der Waals surface area contributed by atoms with E-state index in [9.17, 15) is 4.79 Å². The van der Waals surface area contributed by atoms with Crippen LogP contribution in [0.4, 0.5) is 5.69 Å². The highest BCUT2D eigenvalue weighted by Crippen LogP contribution is 2.21. The van der Waals surface area contributed by atoms with Crippen LogP contribution >= 0.6 is 11.6 Å². The van der Waals surface area contributed by atoms with Crippen molar-refractivity contribution in [1.29, 1.82) is 0 Å². The molecule has 0 atom stereocenters. The van der Waals surface area contributed by atoms with Crippen molar-refractivity contribution in [3.8, 4) is 0 Å². The molecule has 0 fully saturated rings. The monoisotopic (exact) mass is 303 g/mol. The number of carboxylic acids is 1. The first-order valence-corrected chi connectivity index (χ1v) is 7.21. The minimum Gasteiger partial charge on any atom is -0.481 e. The van der Waals surface area contributed by atoms with Crippen molar-refractivity contribution in [3.05, 3.63) is 64.7 Å². The Hall–Kier alpha value is -2.00. The molecule has 0 saturated carbocycles. The van der Waals surface area contributed by atoms with E-state index in [1.165, 1.54) is 0 Å². The minimum absolute atomic E-state index is 0.113. The van der Waals surface area contributed by atoms with Crippen LogP contribution in [0.1, 0.15) is 17.5 Å². The number of benzene rings is 2. The van der Waals surface area contributed by atoms with Gasteiger partial charge in [-0.25, -0.2) is 0 Å². The second-order valence-electron chi connectivity index (χ2n) is 4.97. The van der Waals surface area contributed by atoms with Crippen molar-refractivity contribution >= 4 is 23.3 Å². The molecule has 0 aliphatic carbocycles. The summed E-state index contributed by atoms with van der Waals surface area (Å²) in [7, 11) is 0. The van der Waals surface area contributed by atoms with Crippen molar-refractivity contribution in [2.75, 3.05) is 11.4 Å². The van der Waals surface area contributed by atoms with Crippen LogP contribution in [-0.2, 0) is 11.3 Å². The fourth-order valence-corrected chi connectivity index (χ4v) is 2.44. The van der Waals surface area contributed by atoms with Gasteiger partial charge in [0.2, 0.25) is 0 Å². The van der Waals surface area contributed by atoms with Gasteiger partial charge in [-0.1, -0.05) is 35.9 Å². The summed E-state index contributed by atoms with van der Waals surface area (Å²) in [6.45, 7) is 3.16. The molecule has 0 radical (unpaired) electrons. The molecule has 0 unspecified atom stereocenters. The average Bonchev–Trinajstić information content (AvgIpc) is 2.46. The summed E-state index contributed by atoms with van der Waals surface area (Å²) in [5.41, 5.74) is 3.28. The highest BCUT2D eigenvalue weighted by Gasteiger charge is 2.11. The standard InChI is InChI=1S/C17H18ClNO2/c1-13-11-15(18)8-7-14(13)12-19(10-9-17(20)21)16-5-3-2-4-6-16/h2-8,11H,9-10,12H2,1H3,(H,20,21). The molecule has 2 rings (SSSR count). The van der Waals surface area contributed by atoms with Crippen LogP contribution in [0.5, 0.6) is 0 Å². The molecule has 0 saturated heterocycles. The SMILES string of the molecule is Cc1cc(Cl)ccc1CN(CCC(=O)O)c1ccccc1. The third kappa shape index (κ3) is 4.50. The van der Waals surface area contributed by atoms with Crippen LogP contribution in [0.15, 0.2) is 48.5 Å². The lowest BCUT2D eigenvalue weighted by atomic mass is 10.1. The summed E-state index contributed by atoms with van der Waals surface area (Å²) in [5.74, 6) is -0.788. The Bertz CT molecular complexity index is 613. The molecular formula is C17H18ClNO2. The molecule has 110 valence electrons. The van der Waals surface area contributed by atoms with Gasteiger partial charge in [-0.3, -0.25) is 4.79 Å². The second kappa shape index (κ2) is 7.14. The van der Waals surface area contributed by atoms with E-state index in [2.05, 4.69) is 4.90 Å². The molecular weight excluding hydrogens is 286 g/mol. The molecule has 0 amide bonds. The number of halogens is 1. The third-order valence-corrected chi connectivity index (χ3v) is 3.62. The van der Waals surface area contributed by atoms with Gasteiger partial charge in [-0.2, -0.15) is 0 Å². The van der Waals surface area contributed by atoms with Crippen molar-refractivity contribution in [3.63, 3.8) is 0 Å². The molecule has 2 aromatic carbocycles. The predicted octanol–water partition coefficient (Wildman–Crippen LogP) is 4.13. The third-order valence-electron chi connectivity index (χ3n) is 3.38. The Labute approximate surface area is 129 Å². The Morgan fingerprint density at radius 2 is 1.90 bits per heavy atom. The van der Waals surface area contributed by atoms with Crippen molar-refractivity contribution in [2.24, 2.45) is 0 Å². The molecule has 21 heavy (non-hydrogen) atoms. The normalized spacial score (nSPS) is 10.4. The summed E-state index contributed by atoms with van der Waals surface area (Å²) in [5, 5.41) is 9.64. The van der Waals surface area contributed by atoms with Crippen molar-refractivity contribution in [1.82, 2.24) is 0 Å². The van der Waals surface area contributed by atoms with Gasteiger partial charge in [-0.15, -0.1) is 0 Å². The first-order chi connectivity index (χ1) is 10.1. The highest BCUT2D eigenvalue weighted by atomic mass is 35.5. The number of hydrogen-bond acceptors (Lipinski definition) is 2. The Morgan fingerprint density at radius 3 is 2.52 bits per heavy atom. The molecule has 0 aromatic heterocycles. The second-order valence-corrected chi connectivity index (χ2v) is 5.41. The Kier molecular flexibility index (Phi) is 5.23. The van der Waals surface area contributed by atoms with E-state index in [-0.39, 0.29) is 6.42 Å². The van der Waals surface area contributed by atoms with Crippen LogP contribution in [0.3, 0.4) is 0 Å². The van der Waals surface area contributed by atoms with E-state index >= 15 is 0 Å². The number of para-hydroxylation sites is 1. The smallest absolute Gasteiger partial charge is 0.305 e. The summed E-state index contributed by atoms with van der Waals surface area (Å²) < 4.78 is 0. The van der Waals surface area contributed by atoms with Gasteiger partial charge in [0.1, 0.15) is 0 Å². The maximum atomic E-state index is 10.9. The maximum absolute atomic E-state index is 10.9. The van der Waals surface area contributed by atoms with Gasteiger partial charge in [0, 0.05) is 23.8 Å². The number of nitrogens with zero attached hydrogens (tertiary/aromatic N) is 1. The Morgan fingerprint density at radius 1 is 1.19 bits per heavy atom. The first-order valence-electron chi connectivity index (χ1n) is 6.83. The van der Waals surface area contributed by atoms with Gasteiger partial charge < -0.3 is 10.0 Å². The molecule has 4 heteroatoms. The number of aliphatic carboxylic acids is 1. The topological polar surface area (TPSA) is 40.5 Å². The fourth-order valence-electron chi connectivity index (χ4n) is 2.21. The lowest BCUT2D eigenvalue weighted by Gasteiger charge is -2.25. The van der Waals surface area contributed by atoms with Crippen molar-refractivity contribution in [2.45, 2.75) is 19.9 Å². The number of carboxylic acid groups (broad SMARTS) is 1. The summed E-state index contributed by atoms with van der Waals surface area (Å²) in [6, 6.07) is 15.6. The Balaban J connectivity index is 2.21. The molecule has 1 N–H and O–H groups in total. The first kappa shape index (κ1) is 15.4. The number of carbonyl (C=O) groups is 1. The fraction of sp³-hybridized carbons (Fsp3) is 0.235. The molecule has 0 aliphatic heterocycles. The quantitative estimate of drug-likeness (QED) is 0.872. The van der Waals surface area contributed by atoms with Crippen LogP contribution in [0.2, 0.25) is 5.02 Å². The van der Waals surface area contributed by atoms with Gasteiger partial charge in [0.15, 0.2) is 0 Å². The summed E-state index contributed by atoms with van der Waals surface area (Å²) >= 11 is 5.98. The lowest BCUT2D eigenvalue weighted by molar-refractivity contribution is -0.136. The number of rotatable bonds is 6. The molecule has 0 heterocycles. The lowest BCUT2D eigenvalue weighted by Crippen LogP contribution is -2.26. The zero-order valence-electron chi connectivity index (χ0n) is 11.9. The van der Waals surface area contributed by atoms with E-state index in [0.29, 0.717) is 18.1 Å². The molecule has 0 spiro atoms. The van der Waals surface area contributed by atoms with E-state index in [1.54, 1.807) is 0 Å². The van der Waals surface area contributed by atoms with Crippen LogP contribution in [-0.4, -0.2) is 17.6 Å². The molecule has 0 aliphatic rings. The number of hydrogen-bond donors (Lipinski definition) is 1. The van der Waals surface area contributed by atoms with Gasteiger partial charge >= 0.3 is 5.97 Å². The summed E-state index contributed by atoms with van der Waals surface area (Å²) in [4.78, 5) is 12.9. The van der Waals surface area contributed by atoms with Crippen LogP contribution < -0.4 is 4.90 Å².